The Morgan fingerprint density at radius 2 is 2.53 bits per heavy atom. The molecule has 0 aliphatic heterocycles. The summed E-state index contributed by atoms with van der Waals surface area (Å²) in [6, 6.07) is 1.99. The molecule has 1 heterocycles. The van der Waals surface area contributed by atoms with Gasteiger partial charge in [0.15, 0.2) is 5.13 Å². The maximum atomic E-state index is 11.6. The van der Waals surface area contributed by atoms with Gasteiger partial charge >= 0.3 is 0 Å². The van der Waals surface area contributed by atoms with Crippen molar-refractivity contribution < 1.29 is 4.79 Å². The SMILES string of the molecule is CCCC(C#N)C(=O)Nc1nc(C)cs1. The smallest absolute Gasteiger partial charge is 0.243 e. The summed E-state index contributed by atoms with van der Waals surface area (Å²) in [5.74, 6) is -0.826. The molecule has 0 saturated carbocycles. The fourth-order valence-electron chi connectivity index (χ4n) is 1.15. The Balaban J connectivity index is 2.58. The first-order chi connectivity index (χ1) is 7.17. The largest absolute Gasteiger partial charge is 0.301 e. The van der Waals surface area contributed by atoms with Crippen LogP contribution in [0.25, 0.3) is 0 Å². The van der Waals surface area contributed by atoms with Crippen LogP contribution in [-0.2, 0) is 4.79 Å². The molecule has 1 atom stereocenters. The van der Waals surface area contributed by atoms with Gasteiger partial charge in [0.05, 0.1) is 11.8 Å². The van der Waals surface area contributed by atoms with Crippen LogP contribution in [0, 0.1) is 24.2 Å². The first kappa shape index (κ1) is 11.7. The zero-order chi connectivity index (χ0) is 11.3. The summed E-state index contributed by atoms with van der Waals surface area (Å²) in [7, 11) is 0. The van der Waals surface area contributed by atoms with E-state index in [0.29, 0.717) is 11.6 Å². The highest BCUT2D eigenvalue weighted by molar-refractivity contribution is 7.13. The molecule has 1 unspecified atom stereocenters. The van der Waals surface area contributed by atoms with E-state index in [1.165, 1.54) is 11.3 Å². The number of thiazole rings is 1. The zero-order valence-corrected chi connectivity index (χ0v) is 9.60. The molecule has 0 aliphatic rings. The monoisotopic (exact) mass is 223 g/mol. The molecule has 4 nitrogen and oxygen atoms in total. The van der Waals surface area contributed by atoms with Gasteiger partial charge in [0, 0.05) is 5.38 Å². The van der Waals surface area contributed by atoms with Gasteiger partial charge in [0.1, 0.15) is 5.92 Å². The molecule has 1 rings (SSSR count). The van der Waals surface area contributed by atoms with Gasteiger partial charge in [0.25, 0.3) is 0 Å². The molecule has 1 aromatic rings. The van der Waals surface area contributed by atoms with Gasteiger partial charge < -0.3 is 5.32 Å². The Bertz CT molecular complexity index is 380. The third-order valence-electron chi connectivity index (χ3n) is 1.90. The molecule has 0 saturated heterocycles. The molecule has 1 amide bonds. The molecular formula is C10H13N3OS. The number of nitrogens with zero attached hydrogens (tertiary/aromatic N) is 2. The van der Waals surface area contributed by atoms with E-state index in [2.05, 4.69) is 10.3 Å². The standard InChI is InChI=1S/C10H13N3OS/c1-3-4-8(5-11)9(14)13-10-12-7(2)6-15-10/h6,8H,3-4H2,1-2H3,(H,12,13,14). The van der Waals surface area contributed by atoms with Gasteiger partial charge in [-0.05, 0) is 13.3 Å². The van der Waals surface area contributed by atoms with Gasteiger partial charge in [-0.3, -0.25) is 4.79 Å². The van der Waals surface area contributed by atoms with Crippen LogP contribution < -0.4 is 5.32 Å². The topological polar surface area (TPSA) is 65.8 Å². The highest BCUT2D eigenvalue weighted by atomic mass is 32.1. The zero-order valence-electron chi connectivity index (χ0n) is 8.78. The van der Waals surface area contributed by atoms with Crippen LogP contribution >= 0.6 is 11.3 Å². The van der Waals surface area contributed by atoms with Gasteiger partial charge in [-0.25, -0.2) is 4.98 Å². The second-order valence-corrected chi connectivity index (χ2v) is 4.11. The summed E-state index contributed by atoms with van der Waals surface area (Å²) < 4.78 is 0. The Morgan fingerprint density at radius 3 is 3.00 bits per heavy atom. The Hall–Kier alpha value is -1.41. The molecule has 0 aliphatic carbocycles. The lowest BCUT2D eigenvalue weighted by Gasteiger charge is -2.06. The van der Waals surface area contributed by atoms with Crippen molar-refractivity contribution in [3.05, 3.63) is 11.1 Å². The minimum atomic E-state index is -0.570. The van der Waals surface area contributed by atoms with Gasteiger partial charge in [-0.1, -0.05) is 13.3 Å². The van der Waals surface area contributed by atoms with E-state index < -0.39 is 5.92 Å². The molecule has 0 fully saturated rings. The van der Waals surface area contributed by atoms with E-state index in [4.69, 9.17) is 5.26 Å². The number of hydrogen-bond acceptors (Lipinski definition) is 4. The van der Waals surface area contributed by atoms with Crippen LogP contribution in [-0.4, -0.2) is 10.9 Å². The maximum absolute atomic E-state index is 11.6. The third-order valence-corrected chi connectivity index (χ3v) is 2.77. The number of anilines is 1. The number of nitrogens with one attached hydrogen (secondary N) is 1. The van der Waals surface area contributed by atoms with Crippen LogP contribution in [0.3, 0.4) is 0 Å². The maximum Gasteiger partial charge on any atom is 0.243 e. The molecule has 1 aromatic heterocycles. The lowest BCUT2D eigenvalue weighted by Crippen LogP contribution is -2.21. The highest BCUT2D eigenvalue weighted by Gasteiger charge is 2.17. The molecule has 1 N–H and O–H groups in total. The Morgan fingerprint density at radius 1 is 1.80 bits per heavy atom. The number of hydrogen-bond donors (Lipinski definition) is 1. The summed E-state index contributed by atoms with van der Waals surface area (Å²) in [5, 5.41) is 13.8. The van der Waals surface area contributed by atoms with E-state index in [9.17, 15) is 4.79 Å². The number of amides is 1. The summed E-state index contributed by atoms with van der Waals surface area (Å²) in [5.41, 5.74) is 0.874. The molecule has 5 heteroatoms. The predicted molar refractivity (Wildman–Crippen MR) is 59.5 cm³/mol. The molecule has 0 radical (unpaired) electrons. The Labute approximate surface area is 92.9 Å². The molecule has 0 spiro atoms. The number of rotatable bonds is 4. The van der Waals surface area contributed by atoms with Gasteiger partial charge in [-0.15, -0.1) is 11.3 Å². The van der Waals surface area contributed by atoms with Crippen molar-refractivity contribution in [3.63, 3.8) is 0 Å². The number of carbonyl (C=O) groups is 1. The summed E-state index contributed by atoms with van der Waals surface area (Å²) >= 11 is 1.37. The van der Waals surface area contributed by atoms with E-state index in [0.717, 1.165) is 12.1 Å². The van der Waals surface area contributed by atoms with Crippen molar-refractivity contribution in [2.24, 2.45) is 5.92 Å². The average molecular weight is 223 g/mol. The van der Waals surface area contributed by atoms with Gasteiger partial charge in [-0.2, -0.15) is 5.26 Å². The lowest BCUT2D eigenvalue weighted by atomic mass is 10.1. The number of aryl methyl sites for hydroxylation is 1. The molecule has 0 bridgehead atoms. The average Bonchev–Trinajstić information content (AvgIpc) is 2.60. The fourth-order valence-corrected chi connectivity index (χ4v) is 1.84. The van der Waals surface area contributed by atoms with Crippen molar-refractivity contribution in [2.45, 2.75) is 26.7 Å². The van der Waals surface area contributed by atoms with Gasteiger partial charge in [0.2, 0.25) is 5.91 Å². The summed E-state index contributed by atoms with van der Waals surface area (Å²) in [4.78, 5) is 15.7. The first-order valence-electron chi connectivity index (χ1n) is 4.80. The van der Waals surface area contributed by atoms with E-state index in [1.54, 1.807) is 0 Å². The minimum absolute atomic E-state index is 0.256. The summed E-state index contributed by atoms with van der Waals surface area (Å²) in [6.45, 7) is 3.81. The normalized spacial score (nSPS) is 11.8. The lowest BCUT2D eigenvalue weighted by molar-refractivity contribution is -0.118. The van der Waals surface area contributed by atoms with Crippen LogP contribution in [0.15, 0.2) is 5.38 Å². The van der Waals surface area contributed by atoms with Crippen molar-refractivity contribution in [1.29, 1.82) is 5.26 Å². The molecule has 15 heavy (non-hydrogen) atoms. The highest BCUT2D eigenvalue weighted by Crippen LogP contribution is 2.16. The number of carbonyl (C=O) groups excluding carboxylic acids is 1. The number of nitriles is 1. The van der Waals surface area contributed by atoms with Crippen LogP contribution in [0.1, 0.15) is 25.5 Å². The molecule has 0 aromatic carbocycles. The molecule has 80 valence electrons. The second-order valence-electron chi connectivity index (χ2n) is 3.25. The van der Waals surface area contributed by atoms with Crippen LogP contribution in [0.5, 0.6) is 0 Å². The Kier molecular flexibility index (Phi) is 4.25. The number of aromatic nitrogens is 1. The van der Waals surface area contributed by atoms with Crippen LogP contribution in [0.2, 0.25) is 0 Å². The predicted octanol–water partition coefficient (Wildman–Crippen LogP) is 2.33. The second kappa shape index (κ2) is 5.47. The third kappa shape index (κ3) is 3.33. The van der Waals surface area contributed by atoms with Crippen molar-refractivity contribution in [2.75, 3.05) is 5.32 Å². The van der Waals surface area contributed by atoms with E-state index in [-0.39, 0.29) is 5.91 Å². The van der Waals surface area contributed by atoms with Crippen molar-refractivity contribution >= 4 is 22.4 Å². The van der Waals surface area contributed by atoms with E-state index >= 15 is 0 Å². The van der Waals surface area contributed by atoms with Crippen LogP contribution in [0.4, 0.5) is 5.13 Å². The molecular weight excluding hydrogens is 210 g/mol. The van der Waals surface area contributed by atoms with E-state index in [1.807, 2.05) is 25.3 Å². The summed E-state index contributed by atoms with van der Waals surface area (Å²) in [6.07, 6.45) is 1.41. The quantitative estimate of drug-likeness (QED) is 0.851. The minimum Gasteiger partial charge on any atom is -0.301 e. The van der Waals surface area contributed by atoms with Crippen molar-refractivity contribution in [1.82, 2.24) is 4.98 Å². The first-order valence-corrected chi connectivity index (χ1v) is 5.68. The fraction of sp³-hybridized carbons (Fsp3) is 0.500. The van der Waals surface area contributed by atoms with Crippen molar-refractivity contribution in [3.8, 4) is 6.07 Å².